The molecule has 2 aromatic rings. The molecule has 1 aromatic carbocycles. The predicted octanol–water partition coefficient (Wildman–Crippen LogP) is 3.77. The van der Waals surface area contributed by atoms with Crippen LogP contribution in [0.1, 0.15) is 31.4 Å². The largest absolute Gasteiger partial charge is 0.360 e. The smallest absolute Gasteiger partial charge is 0.171 e. The molecule has 0 unspecified atom stereocenters. The van der Waals surface area contributed by atoms with E-state index in [9.17, 15) is 0 Å². The molecule has 0 aliphatic heterocycles. The Labute approximate surface area is 124 Å². The second kappa shape index (κ2) is 5.75. The minimum absolute atomic E-state index is 0.527. The average molecular weight is 285 g/mol. The van der Waals surface area contributed by atoms with Gasteiger partial charge in [0.1, 0.15) is 0 Å². The van der Waals surface area contributed by atoms with Crippen LogP contribution in [0.4, 0.5) is 5.69 Å². The van der Waals surface area contributed by atoms with Gasteiger partial charge < -0.3 is 10.6 Å². The van der Waals surface area contributed by atoms with E-state index in [0.717, 1.165) is 22.3 Å². The first-order chi connectivity index (χ1) is 9.72. The highest BCUT2D eigenvalue weighted by atomic mass is 32.1. The van der Waals surface area contributed by atoms with E-state index in [2.05, 4.69) is 27.8 Å². The van der Waals surface area contributed by atoms with Crippen LogP contribution in [0.3, 0.4) is 0 Å². The van der Waals surface area contributed by atoms with Crippen molar-refractivity contribution in [3.63, 3.8) is 0 Å². The molecule has 3 rings (SSSR count). The van der Waals surface area contributed by atoms with Crippen LogP contribution in [-0.4, -0.2) is 16.1 Å². The number of anilines is 1. The van der Waals surface area contributed by atoms with Crippen molar-refractivity contribution in [2.45, 2.75) is 38.6 Å². The Balaban J connectivity index is 1.79. The molecule has 3 nitrogen and oxygen atoms in total. The highest BCUT2D eigenvalue weighted by Crippen LogP contribution is 2.22. The van der Waals surface area contributed by atoms with Crippen LogP contribution in [0.2, 0.25) is 0 Å². The predicted molar refractivity (Wildman–Crippen MR) is 88.1 cm³/mol. The Morgan fingerprint density at radius 2 is 2.00 bits per heavy atom. The van der Waals surface area contributed by atoms with Crippen LogP contribution in [0.25, 0.3) is 10.9 Å². The van der Waals surface area contributed by atoms with Crippen molar-refractivity contribution in [1.29, 1.82) is 0 Å². The molecule has 1 aromatic heterocycles. The lowest BCUT2D eigenvalue weighted by Gasteiger charge is -2.16. The minimum Gasteiger partial charge on any atom is -0.360 e. The van der Waals surface area contributed by atoms with Crippen LogP contribution < -0.4 is 10.6 Å². The Morgan fingerprint density at radius 3 is 2.80 bits per heavy atom. The molecule has 104 valence electrons. The molecule has 0 bridgehead atoms. The normalized spacial score (nSPS) is 15.4. The Hall–Kier alpha value is -1.68. The first kappa shape index (κ1) is 13.3. The van der Waals surface area contributed by atoms with Gasteiger partial charge in [0.25, 0.3) is 0 Å². The number of hydrogen-bond donors (Lipinski definition) is 2. The lowest BCUT2D eigenvalue weighted by molar-refractivity contribution is 0.634. The molecular weight excluding hydrogens is 266 g/mol. The topological polar surface area (TPSA) is 37.0 Å². The van der Waals surface area contributed by atoms with Crippen molar-refractivity contribution in [3.05, 3.63) is 36.0 Å². The second-order valence-corrected chi connectivity index (χ2v) is 5.82. The van der Waals surface area contributed by atoms with Crippen molar-refractivity contribution in [2.24, 2.45) is 0 Å². The highest BCUT2D eigenvalue weighted by molar-refractivity contribution is 7.80. The third-order valence-electron chi connectivity index (χ3n) is 3.80. The third-order valence-corrected chi connectivity index (χ3v) is 4.02. The lowest BCUT2D eigenvalue weighted by Crippen LogP contribution is -2.35. The standard InChI is InChI=1S/C16H19N3S/c1-11-9-10-12-5-4-8-14(15(12)17-11)19-16(20)18-13-6-2-3-7-13/h4-5,8-10,13H,2-3,6-7H2,1H3,(H2,18,19,20). The number of para-hydroxylation sites is 1. The summed E-state index contributed by atoms with van der Waals surface area (Å²) in [5, 5.41) is 8.53. The van der Waals surface area contributed by atoms with Gasteiger partial charge in [0.15, 0.2) is 5.11 Å². The van der Waals surface area contributed by atoms with E-state index in [-0.39, 0.29) is 0 Å². The fourth-order valence-corrected chi connectivity index (χ4v) is 3.04. The van der Waals surface area contributed by atoms with E-state index in [1.165, 1.54) is 25.7 Å². The molecule has 0 atom stereocenters. The maximum absolute atomic E-state index is 5.42. The molecule has 4 heteroatoms. The number of pyridine rings is 1. The summed E-state index contributed by atoms with van der Waals surface area (Å²) in [6.45, 7) is 2.01. The zero-order chi connectivity index (χ0) is 13.9. The highest BCUT2D eigenvalue weighted by Gasteiger charge is 2.15. The van der Waals surface area contributed by atoms with Crippen LogP contribution >= 0.6 is 12.2 Å². The zero-order valence-corrected chi connectivity index (χ0v) is 12.5. The van der Waals surface area contributed by atoms with Gasteiger partial charge in [0.05, 0.1) is 11.2 Å². The molecule has 0 saturated heterocycles. The van der Waals surface area contributed by atoms with Crippen LogP contribution in [0.15, 0.2) is 30.3 Å². The van der Waals surface area contributed by atoms with E-state index in [4.69, 9.17) is 12.2 Å². The molecule has 1 fully saturated rings. The molecule has 1 saturated carbocycles. The van der Waals surface area contributed by atoms with Crippen molar-refractivity contribution in [2.75, 3.05) is 5.32 Å². The van der Waals surface area contributed by atoms with E-state index in [1.807, 2.05) is 25.1 Å². The molecule has 0 radical (unpaired) electrons. The molecule has 0 amide bonds. The first-order valence-electron chi connectivity index (χ1n) is 7.16. The summed E-state index contributed by atoms with van der Waals surface area (Å²) < 4.78 is 0. The average Bonchev–Trinajstić information content (AvgIpc) is 2.92. The van der Waals surface area contributed by atoms with Crippen LogP contribution in [0.5, 0.6) is 0 Å². The number of nitrogens with zero attached hydrogens (tertiary/aromatic N) is 1. The van der Waals surface area contributed by atoms with E-state index >= 15 is 0 Å². The van der Waals surface area contributed by atoms with Crippen LogP contribution in [-0.2, 0) is 0 Å². The van der Waals surface area contributed by atoms with Crippen molar-refractivity contribution in [3.8, 4) is 0 Å². The zero-order valence-electron chi connectivity index (χ0n) is 11.6. The number of hydrogen-bond acceptors (Lipinski definition) is 2. The fraction of sp³-hybridized carbons (Fsp3) is 0.375. The van der Waals surface area contributed by atoms with Crippen molar-refractivity contribution >= 4 is 33.9 Å². The van der Waals surface area contributed by atoms with E-state index < -0.39 is 0 Å². The van der Waals surface area contributed by atoms with Gasteiger partial charge in [-0.25, -0.2) is 0 Å². The van der Waals surface area contributed by atoms with Crippen molar-refractivity contribution < 1.29 is 0 Å². The summed E-state index contributed by atoms with van der Waals surface area (Å²) in [5.74, 6) is 0. The summed E-state index contributed by atoms with van der Waals surface area (Å²) in [6, 6.07) is 10.8. The number of aryl methyl sites for hydroxylation is 1. The van der Waals surface area contributed by atoms with Gasteiger partial charge in [0, 0.05) is 17.1 Å². The summed E-state index contributed by atoms with van der Waals surface area (Å²) in [7, 11) is 0. The van der Waals surface area contributed by atoms with Crippen LogP contribution in [0, 0.1) is 6.92 Å². The number of benzene rings is 1. The maximum Gasteiger partial charge on any atom is 0.171 e. The maximum atomic E-state index is 5.42. The third kappa shape index (κ3) is 2.90. The SMILES string of the molecule is Cc1ccc2cccc(NC(=S)NC3CCCC3)c2n1. The first-order valence-corrected chi connectivity index (χ1v) is 7.57. The van der Waals surface area contributed by atoms with Gasteiger partial charge in [0.2, 0.25) is 0 Å². The van der Waals surface area contributed by atoms with Gasteiger partial charge in [-0.3, -0.25) is 4.98 Å². The number of fused-ring (bicyclic) bond motifs is 1. The summed E-state index contributed by atoms with van der Waals surface area (Å²) in [6.07, 6.45) is 5.04. The summed E-state index contributed by atoms with van der Waals surface area (Å²) in [4.78, 5) is 4.61. The molecular formula is C16H19N3S. The Kier molecular flexibility index (Phi) is 3.83. The number of rotatable bonds is 2. The van der Waals surface area contributed by atoms with Crippen molar-refractivity contribution in [1.82, 2.24) is 10.3 Å². The molecule has 0 spiro atoms. The number of thiocarbonyl (C=S) groups is 1. The fourth-order valence-electron chi connectivity index (χ4n) is 2.76. The van der Waals surface area contributed by atoms with Gasteiger partial charge in [-0.2, -0.15) is 0 Å². The summed E-state index contributed by atoms with van der Waals surface area (Å²) in [5.41, 5.74) is 2.96. The van der Waals surface area contributed by atoms with Gasteiger partial charge >= 0.3 is 0 Å². The Morgan fingerprint density at radius 1 is 1.20 bits per heavy atom. The molecule has 1 heterocycles. The molecule has 1 aliphatic carbocycles. The number of aromatic nitrogens is 1. The quantitative estimate of drug-likeness (QED) is 0.824. The molecule has 20 heavy (non-hydrogen) atoms. The van der Waals surface area contributed by atoms with E-state index in [0.29, 0.717) is 11.2 Å². The number of nitrogens with one attached hydrogen (secondary N) is 2. The minimum atomic E-state index is 0.527. The second-order valence-electron chi connectivity index (χ2n) is 5.41. The molecule has 1 aliphatic rings. The van der Waals surface area contributed by atoms with Gasteiger partial charge in [-0.15, -0.1) is 0 Å². The summed E-state index contributed by atoms with van der Waals surface area (Å²) >= 11 is 5.42. The van der Waals surface area contributed by atoms with E-state index in [1.54, 1.807) is 0 Å². The monoisotopic (exact) mass is 285 g/mol. The lowest BCUT2D eigenvalue weighted by atomic mass is 10.2. The van der Waals surface area contributed by atoms with Gasteiger partial charge in [-0.05, 0) is 44.1 Å². The Bertz CT molecular complexity index is 633. The van der Waals surface area contributed by atoms with Gasteiger partial charge in [-0.1, -0.05) is 31.0 Å². The molecule has 2 N–H and O–H groups in total.